The molecule has 38 heavy (non-hydrogen) atoms. The zero-order valence-electron chi connectivity index (χ0n) is 21.4. The molecule has 4 aromatic rings. The van der Waals surface area contributed by atoms with Crippen LogP contribution in [0.4, 0.5) is 37.3 Å². The van der Waals surface area contributed by atoms with Gasteiger partial charge in [-0.25, -0.2) is 19.2 Å². The molecular weight excluding hydrogens is 505 g/mol. The van der Waals surface area contributed by atoms with Crippen molar-refractivity contribution in [1.29, 1.82) is 0 Å². The SMILES string of the molecule is Cc1nc(C)c(Nc2ncc3c(n2)N(C)C(=O)N(c2cc(NC(=O)c4cccc(CF)c4)ccc2C)C3)s1. The van der Waals surface area contributed by atoms with Gasteiger partial charge in [0.15, 0.2) is 0 Å². The number of hydrogen-bond donors (Lipinski definition) is 2. The third-order valence-electron chi connectivity index (χ3n) is 6.24. The number of amides is 3. The van der Waals surface area contributed by atoms with E-state index >= 15 is 0 Å². The summed E-state index contributed by atoms with van der Waals surface area (Å²) in [4.78, 5) is 42.8. The Morgan fingerprint density at radius 3 is 2.68 bits per heavy atom. The van der Waals surface area contributed by atoms with Gasteiger partial charge in [-0.1, -0.05) is 18.2 Å². The molecule has 1 aliphatic rings. The average Bonchev–Trinajstić information content (AvgIpc) is 3.23. The molecule has 0 bridgehead atoms. The summed E-state index contributed by atoms with van der Waals surface area (Å²) in [6.45, 7) is 5.38. The number of carbonyl (C=O) groups excluding carboxylic acids is 2. The minimum Gasteiger partial charge on any atom is -0.322 e. The summed E-state index contributed by atoms with van der Waals surface area (Å²) in [6, 6.07) is 11.5. The molecular formula is C27H26FN7O2S. The standard InChI is InChI=1S/C27H26FN7O2S/c1-15-8-9-21(31-24(36)19-7-5-6-18(10-19)12-28)11-22(15)35-14-20-13-29-26(32-23(20)34(4)27(35)37)33-25-16(2)30-17(3)38-25/h5-11,13H,12,14H2,1-4H3,(H,31,36)(H,29,32,33). The third kappa shape index (κ3) is 4.92. The van der Waals surface area contributed by atoms with Crippen molar-refractivity contribution in [2.24, 2.45) is 0 Å². The van der Waals surface area contributed by atoms with Gasteiger partial charge < -0.3 is 10.6 Å². The van der Waals surface area contributed by atoms with Crippen LogP contribution in [0.1, 0.15) is 37.7 Å². The van der Waals surface area contributed by atoms with Gasteiger partial charge in [0.2, 0.25) is 5.95 Å². The number of halogens is 1. The number of benzene rings is 2. The van der Waals surface area contributed by atoms with Gasteiger partial charge in [0.1, 0.15) is 17.5 Å². The van der Waals surface area contributed by atoms with Gasteiger partial charge in [-0.3, -0.25) is 14.6 Å². The van der Waals surface area contributed by atoms with E-state index in [0.717, 1.165) is 26.8 Å². The number of thiazole rings is 1. The van der Waals surface area contributed by atoms with Crippen LogP contribution in [0.5, 0.6) is 0 Å². The molecule has 0 saturated carbocycles. The van der Waals surface area contributed by atoms with Crippen molar-refractivity contribution < 1.29 is 14.0 Å². The van der Waals surface area contributed by atoms with E-state index in [1.807, 2.05) is 26.8 Å². The normalized spacial score (nSPS) is 12.9. The van der Waals surface area contributed by atoms with Crippen molar-refractivity contribution in [3.8, 4) is 0 Å². The van der Waals surface area contributed by atoms with Crippen LogP contribution in [0.3, 0.4) is 0 Å². The Labute approximate surface area is 223 Å². The Balaban J connectivity index is 1.39. The number of aryl methyl sites for hydroxylation is 3. The summed E-state index contributed by atoms with van der Waals surface area (Å²) in [5, 5.41) is 7.85. The number of nitrogens with zero attached hydrogens (tertiary/aromatic N) is 5. The van der Waals surface area contributed by atoms with E-state index in [2.05, 4.69) is 25.6 Å². The van der Waals surface area contributed by atoms with Crippen LogP contribution in [0.2, 0.25) is 0 Å². The molecule has 2 aromatic heterocycles. The minimum atomic E-state index is -0.645. The van der Waals surface area contributed by atoms with Crippen molar-refractivity contribution in [2.75, 3.05) is 27.5 Å². The number of alkyl halides is 1. The van der Waals surface area contributed by atoms with Gasteiger partial charge in [0, 0.05) is 30.1 Å². The van der Waals surface area contributed by atoms with Gasteiger partial charge in [0.25, 0.3) is 5.91 Å². The molecule has 2 aromatic carbocycles. The largest absolute Gasteiger partial charge is 0.330 e. The Kier molecular flexibility index (Phi) is 6.77. The number of rotatable bonds is 6. The molecule has 0 atom stereocenters. The van der Waals surface area contributed by atoms with Crippen molar-refractivity contribution >= 4 is 51.4 Å². The van der Waals surface area contributed by atoms with E-state index < -0.39 is 6.67 Å². The smallest absolute Gasteiger partial charge is 0.322 e. The van der Waals surface area contributed by atoms with E-state index in [9.17, 15) is 14.0 Å². The molecule has 9 nitrogen and oxygen atoms in total. The van der Waals surface area contributed by atoms with Crippen LogP contribution >= 0.6 is 11.3 Å². The fourth-order valence-electron chi connectivity index (χ4n) is 4.28. The molecule has 194 valence electrons. The molecule has 11 heteroatoms. The molecule has 0 aliphatic carbocycles. The minimum absolute atomic E-state index is 0.255. The first-order valence-corrected chi connectivity index (χ1v) is 12.7. The maximum Gasteiger partial charge on any atom is 0.330 e. The third-order valence-corrected chi connectivity index (χ3v) is 7.22. The Hall–Kier alpha value is -4.38. The number of hydrogen-bond acceptors (Lipinski definition) is 7. The second-order valence-electron chi connectivity index (χ2n) is 9.03. The second kappa shape index (κ2) is 10.2. The van der Waals surface area contributed by atoms with Crippen molar-refractivity contribution in [3.05, 3.63) is 81.6 Å². The zero-order chi connectivity index (χ0) is 27.0. The van der Waals surface area contributed by atoms with Crippen molar-refractivity contribution in [3.63, 3.8) is 0 Å². The lowest BCUT2D eigenvalue weighted by Crippen LogP contribution is -2.46. The molecule has 0 radical (unpaired) electrons. The maximum absolute atomic E-state index is 13.4. The number of anilines is 5. The van der Waals surface area contributed by atoms with Crippen LogP contribution in [0.25, 0.3) is 0 Å². The van der Waals surface area contributed by atoms with Crippen LogP contribution in [-0.2, 0) is 13.2 Å². The predicted octanol–water partition coefficient (Wildman–Crippen LogP) is 5.90. The number of carbonyl (C=O) groups is 2. The zero-order valence-corrected chi connectivity index (χ0v) is 22.2. The number of urea groups is 1. The van der Waals surface area contributed by atoms with Gasteiger partial charge in [-0.2, -0.15) is 4.98 Å². The first-order chi connectivity index (χ1) is 18.2. The fraction of sp³-hybridized carbons (Fsp3) is 0.222. The van der Waals surface area contributed by atoms with Gasteiger partial charge in [0.05, 0.1) is 22.9 Å². The summed E-state index contributed by atoms with van der Waals surface area (Å²) in [7, 11) is 1.67. The Morgan fingerprint density at radius 1 is 1.13 bits per heavy atom. The molecule has 3 heterocycles. The highest BCUT2D eigenvalue weighted by atomic mass is 32.1. The van der Waals surface area contributed by atoms with Gasteiger partial charge in [-0.15, -0.1) is 11.3 Å². The summed E-state index contributed by atoms with van der Waals surface area (Å²) >= 11 is 1.52. The first-order valence-electron chi connectivity index (χ1n) is 11.9. The van der Waals surface area contributed by atoms with Crippen LogP contribution in [-0.4, -0.2) is 33.9 Å². The molecule has 1 aliphatic heterocycles. The van der Waals surface area contributed by atoms with E-state index in [0.29, 0.717) is 34.3 Å². The molecule has 0 spiro atoms. The predicted molar refractivity (Wildman–Crippen MR) is 147 cm³/mol. The molecule has 5 rings (SSSR count). The van der Waals surface area contributed by atoms with Gasteiger partial charge in [-0.05, 0) is 56.2 Å². The van der Waals surface area contributed by atoms with Gasteiger partial charge >= 0.3 is 6.03 Å². The molecule has 0 unspecified atom stereocenters. The lowest BCUT2D eigenvalue weighted by Gasteiger charge is -2.35. The fourth-order valence-corrected chi connectivity index (χ4v) is 5.10. The van der Waals surface area contributed by atoms with Crippen LogP contribution < -0.4 is 20.4 Å². The lowest BCUT2D eigenvalue weighted by atomic mass is 10.1. The van der Waals surface area contributed by atoms with Crippen LogP contribution in [0, 0.1) is 20.8 Å². The molecule has 2 N–H and O–H groups in total. The second-order valence-corrected chi connectivity index (χ2v) is 10.2. The highest BCUT2D eigenvalue weighted by molar-refractivity contribution is 7.15. The Morgan fingerprint density at radius 2 is 1.95 bits per heavy atom. The summed E-state index contributed by atoms with van der Waals surface area (Å²) < 4.78 is 13.0. The summed E-state index contributed by atoms with van der Waals surface area (Å²) in [6.07, 6.45) is 1.71. The summed E-state index contributed by atoms with van der Waals surface area (Å²) in [5.41, 5.74) is 4.47. The summed E-state index contributed by atoms with van der Waals surface area (Å²) in [5.74, 6) is 0.557. The molecule has 3 amide bonds. The number of nitrogens with one attached hydrogen (secondary N) is 2. The topological polar surface area (TPSA) is 103 Å². The van der Waals surface area contributed by atoms with Crippen molar-refractivity contribution in [1.82, 2.24) is 15.0 Å². The maximum atomic E-state index is 13.4. The number of fused-ring (bicyclic) bond motifs is 1. The van der Waals surface area contributed by atoms with E-state index in [4.69, 9.17) is 0 Å². The first kappa shape index (κ1) is 25.3. The highest BCUT2D eigenvalue weighted by Gasteiger charge is 2.31. The monoisotopic (exact) mass is 531 g/mol. The average molecular weight is 532 g/mol. The Bertz CT molecular complexity index is 1550. The highest BCUT2D eigenvalue weighted by Crippen LogP contribution is 2.34. The van der Waals surface area contributed by atoms with E-state index in [-0.39, 0.29) is 18.5 Å². The molecule has 0 fully saturated rings. The molecule has 0 saturated heterocycles. The van der Waals surface area contributed by atoms with E-state index in [1.165, 1.54) is 22.3 Å². The van der Waals surface area contributed by atoms with Crippen molar-refractivity contribution in [2.45, 2.75) is 34.0 Å². The van der Waals surface area contributed by atoms with E-state index in [1.54, 1.807) is 48.5 Å². The lowest BCUT2D eigenvalue weighted by molar-refractivity contribution is 0.102. The number of aromatic nitrogens is 3. The van der Waals surface area contributed by atoms with Crippen LogP contribution in [0.15, 0.2) is 48.7 Å². The quantitative estimate of drug-likeness (QED) is 0.321.